The number of carbonyl (C=O) groups excluding carboxylic acids is 3. The monoisotopic (exact) mass is 788 g/mol. The molecule has 0 spiro atoms. The van der Waals surface area contributed by atoms with E-state index in [1.54, 1.807) is 13.8 Å². The van der Waals surface area contributed by atoms with Crippen LogP contribution in [0.5, 0.6) is 0 Å². The molecule has 0 fully saturated rings. The molecule has 0 aliphatic heterocycles. The summed E-state index contributed by atoms with van der Waals surface area (Å²) in [7, 11) is 0. The second-order valence-electron chi connectivity index (χ2n) is 13.1. The summed E-state index contributed by atoms with van der Waals surface area (Å²) in [5.41, 5.74) is 12.5. The highest BCUT2D eigenvalue weighted by atomic mass is 35.5. The fourth-order valence-electron chi connectivity index (χ4n) is 5.87. The standard InChI is InChI=1S/C22H26ClN5O3.C20H24ClNO2/c1-3-31-22(30)14(2)11-19(26-21(29)20(24)27-28-25)12-15-7-9-16(10-8-15)17-5-4-6-18(23)13-17;1-3-24-20(23)14(2)11-19(22)12-15-7-9-16(10-8-15)17-5-4-6-18(21)13-17/h4-10,13-14,19H,3,11-12H2,1-2H3,(H,26,29)(H3,24,25,27);4-10,13-14,19H,3,11-12,22H2,1-2H3/t14-,19+;14?,19-/m10/s1. The first-order chi connectivity index (χ1) is 26.3. The molecule has 0 aliphatic rings. The van der Waals surface area contributed by atoms with Gasteiger partial charge in [-0.05, 0) is 97.2 Å². The number of esters is 2. The van der Waals surface area contributed by atoms with Crippen molar-refractivity contribution < 1.29 is 23.9 Å². The number of halogens is 2. The molecule has 292 valence electrons. The fraction of sp³-hybridized carbons (Fsp3) is 0.333. The number of amidine groups is 1. The number of nitrogens with two attached hydrogens (primary N) is 2. The zero-order chi connectivity index (χ0) is 40.3. The van der Waals surface area contributed by atoms with Gasteiger partial charge in [-0.15, -0.1) is 5.11 Å². The van der Waals surface area contributed by atoms with E-state index in [9.17, 15) is 14.4 Å². The van der Waals surface area contributed by atoms with Gasteiger partial charge in [0.1, 0.15) is 0 Å². The minimum atomic E-state index is -0.717. The zero-order valence-corrected chi connectivity index (χ0v) is 33.1. The van der Waals surface area contributed by atoms with Gasteiger partial charge in [0.05, 0.1) is 25.0 Å². The Morgan fingerprint density at radius 2 is 1.16 bits per heavy atom. The van der Waals surface area contributed by atoms with E-state index in [1.165, 1.54) is 0 Å². The van der Waals surface area contributed by atoms with Gasteiger partial charge in [-0.1, -0.05) is 115 Å². The maximum atomic E-state index is 12.2. The SMILES string of the molecule is CCOC(=O)C(C)C[C@H](N)Cc1ccc(-c2cccc(Cl)c2)cc1.CCOC(=O)[C@H](C)C[C@@H](Cc1ccc(-c2cccc(Cl)c2)cc1)NC(=O)C(=N)N=NN. The third-order valence-corrected chi connectivity index (χ3v) is 9.05. The largest absolute Gasteiger partial charge is 0.466 e. The first-order valence-electron chi connectivity index (χ1n) is 18.1. The Kier molecular flexibility index (Phi) is 18.5. The van der Waals surface area contributed by atoms with Crippen molar-refractivity contribution in [3.8, 4) is 22.3 Å². The van der Waals surface area contributed by atoms with E-state index in [0.29, 0.717) is 30.9 Å². The summed E-state index contributed by atoms with van der Waals surface area (Å²) < 4.78 is 10.1. The number of ether oxygens (including phenoxy) is 2. The Morgan fingerprint density at radius 1 is 0.709 bits per heavy atom. The number of rotatable bonds is 15. The van der Waals surface area contributed by atoms with E-state index in [0.717, 1.165) is 44.8 Å². The van der Waals surface area contributed by atoms with Gasteiger partial charge < -0.3 is 26.4 Å². The van der Waals surface area contributed by atoms with E-state index in [4.69, 9.17) is 49.7 Å². The lowest BCUT2D eigenvalue weighted by molar-refractivity contribution is -0.148. The van der Waals surface area contributed by atoms with Crippen molar-refractivity contribution >= 4 is 46.9 Å². The maximum absolute atomic E-state index is 12.2. The first-order valence-corrected chi connectivity index (χ1v) is 18.9. The molecule has 0 aliphatic carbocycles. The summed E-state index contributed by atoms with van der Waals surface area (Å²) in [6.45, 7) is 7.84. The van der Waals surface area contributed by atoms with Crippen LogP contribution in [-0.4, -0.2) is 49.0 Å². The Morgan fingerprint density at radius 3 is 1.60 bits per heavy atom. The van der Waals surface area contributed by atoms with Crippen molar-refractivity contribution in [2.45, 2.75) is 65.5 Å². The summed E-state index contributed by atoms with van der Waals surface area (Å²) in [6, 6.07) is 31.0. The molecule has 6 N–H and O–H groups in total. The van der Waals surface area contributed by atoms with Crippen LogP contribution in [0.3, 0.4) is 0 Å². The average molecular weight is 790 g/mol. The molecule has 55 heavy (non-hydrogen) atoms. The fourth-order valence-corrected chi connectivity index (χ4v) is 6.25. The molecule has 13 heteroatoms. The number of hydrogen-bond acceptors (Lipinski definition) is 8. The molecule has 4 atom stereocenters. The highest BCUT2D eigenvalue weighted by Gasteiger charge is 2.23. The Labute approximate surface area is 333 Å². The van der Waals surface area contributed by atoms with Crippen molar-refractivity contribution in [1.82, 2.24) is 5.32 Å². The van der Waals surface area contributed by atoms with Crippen LogP contribution in [0.2, 0.25) is 10.0 Å². The lowest BCUT2D eigenvalue weighted by atomic mass is 9.95. The molecule has 4 rings (SSSR count). The van der Waals surface area contributed by atoms with E-state index >= 15 is 0 Å². The maximum Gasteiger partial charge on any atom is 0.308 e. The summed E-state index contributed by atoms with van der Waals surface area (Å²) >= 11 is 12.1. The molecule has 4 aromatic rings. The predicted molar refractivity (Wildman–Crippen MR) is 219 cm³/mol. The molecular formula is C42H50Cl2N6O5. The van der Waals surface area contributed by atoms with Gasteiger partial charge in [-0.25, -0.2) is 0 Å². The van der Waals surface area contributed by atoms with Gasteiger partial charge in [0.25, 0.3) is 5.91 Å². The third-order valence-electron chi connectivity index (χ3n) is 8.58. The number of benzene rings is 4. The molecule has 4 aromatic carbocycles. The van der Waals surface area contributed by atoms with Crippen LogP contribution in [0.4, 0.5) is 0 Å². The van der Waals surface area contributed by atoms with E-state index in [2.05, 4.69) is 39.9 Å². The number of carbonyl (C=O) groups is 3. The number of nitrogens with one attached hydrogen (secondary N) is 2. The lowest BCUT2D eigenvalue weighted by Crippen LogP contribution is -2.41. The minimum absolute atomic E-state index is 0.0681. The predicted octanol–water partition coefficient (Wildman–Crippen LogP) is 8.39. The van der Waals surface area contributed by atoms with Crippen molar-refractivity contribution in [1.29, 1.82) is 5.41 Å². The highest BCUT2D eigenvalue weighted by molar-refractivity contribution is 6.36. The Hall–Kier alpha value is -5.10. The summed E-state index contributed by atoms with van der Waals surface area (Å²) in [4.78, 5) is 35.9. The molecule has 0 saturated carbocycles. The first kappa shape index (κ1) is 44.3. The van der Waals surface area contributed by atoms with Crippen molar-refractivity contribution in [3.63, 3.8) is 0 Å². The quantitative estimate of drug-likeness (QED) is 0.0233. The van der Waals surface area contributed by atoms with Gasteiger partial charge in [0.15, 0.2) is 0 Å². The van der Waals surface area contributed by atoms with E-state index in [-0.39, 0.29) is 30.5 Å². The molecule has 0 aromatic heterocycles. The van der Waals surface area contributed by atoms with Crippen LogP contribution in [0.1, 0.15) is 51.7 Å². The molecular weight excluding hydrogens is 739 g/mol. The van der Waals surface area contributed by atoms with Gasteiger partial charge in [0, 0.05) is 22.1 Å². The number of amides is 1. The second kappa shape index (κ2) is 23.0. The highest BCUT2D eigenvalue weighted by Crippen LogP contribution is 2.25. The van der Waals surface area contributed by atoms with Gasteiger partial charge in [0.2, 0.25) is 5.84 Å². The zero-order valence-electron chi connectivity index (χ0n) is 31.6. The van der Waals surface area contributed by atoms with Crippen LogP contribution in [-0.2, 0) is 36.7 Å². The Bertz CT molecular complexity index is 1890. The van der Waals surface area contributed by atoms with Gasteiger partial charge >= 0.3 is 11.9 Å². The van der Waals surface area contributed by atoms with Crippen LogP contribution >= 0.6 is 23.2 Å². The van der Waals surface area contributed by atoms with E-state index < -0.39 is 23.7 Å². The summed E-state index contributed by atoms with van der Waals surface area (Å²) in [5.74, 6) is 2.47. The van der Waals surface area contributed by atoms with Crippen molar-refractivity contribution in [2.75, 3.05) is 13.2 Å². The molecule has 0 saturated heterocycles. The van der Waals surface area contributed by atoms with E-state index in [1.807, 2.05) is 86.6 Å². The second-order valence-corrected chi connectivity index (χ2v) is 14.0. The van der Waals surface area contributed by atoms with Crippen molar-refractivity contribution in [3.05, 3.63) is 118 Å². The number of hydrogen-bond donors (Lipinski definition) is 4. The average Bonchev–Trinajstić information content (AvgIpc) is 3.16. The van der Waals surface area contributed by atoms with Crippen LogP contribution in [0, 0.1) is 17.2 Å². The molecule has 1 amide bonds. The topological polar surface area (TPSA) is 182 Å². The van der Waals surface area contributed by atoms with Crippen LogP contribution in [0.15, 0.2) is 107 Å². The van der Waals surface area contributed by atoms with Crippen LogP contribution < -0.4 is 16.9 Å². The van der Waals surface area contributed by atoms with Crippen molar-refractivity contribution in [2.24, 2.45) is 33.7 Å². The molecule has 11 nitrogen and oxygen atoms in total. The molecule has 0 radical (unpaired) electrons. The summed E-state index contributed by atoms with van der Waals surface area (Å²) in [6.07, 6.45) is 2.15. The number of nitrogens with zero attached hydrogens (tertiary/aromatic N) is 2. The minimum Gasteiger partial charge on any atom is -0.466 e. The third kappa shape index (κ3) is 15.3. The Balaban J connectivity index is 0.000000305. The smallest absolute Gasteiger partial charge is 0.308 e. The van der Waals surface area contributed by atoms with Gasteiger partial charge in [-0.2, -0.15) is 0 Å². The normalized spacial score (nSPS) is 13.1. The molecule has 0 bridgehead atoms. The van der Waals surface area contributed by atoms with Crippen LogP contribution in [0.25, 0.3) is 22.3 Å². The lowest BCUT2D eigenvalue weighted by Gasteiger charge is -2.21. The summed E-state index contributed by atoms with van der Waals surface area (Å²) in [5, 5.41) is 17.9. The van der Waals surface area contributed by atoms with Gasteiger partial charge in [-0.3, -0.25) is 19.8 Å². The molecule has 0 heterocycles. The molecule has 1 unspecified atom stereocenters.